The highest BCUT2D eigenvalue weighted by atomic mass is 16.6. The van der Waals surface area contributed by atoms with Crippen LogP contribution in [0.4, 0.5) is 0 Å². The van der Waals surface area contributed by atoms with Crippen molar-refractivity contribution in [1.29, 1.82) is 0 Å². The monoisotopic (exact) mass is 224 g/mol. The zero-order valence-corrected chi connectivity index (χ0v) is 8.87. The van der Waals surface area contributed by atoms with Gasteiger partial charge in [0.25, 0.3) is 5.70 Å². The van der Waals surface area contributed by atoms with E-state index >= 15 is 0 Å². The molecule has 0 radical (unpaired) electrons. The number of allylic oxidation sites excluding steroid dienone is 4. The van der Waals surface area contributed by atoms with Crippen molar-refractivity contribution < 1.29 is 4.92 Å². The average molecular weight is 224 g/mol. The van der Waals surface area contributed by atoms with E-state index < -0.39 is 4.92 Å². The van der Waals surface area contributed by atoms with Gasteiger partial charge < -0.3 is 17.2 Å². The largest absolute Gasteiger partial charge is 0.403 e. The van der Waals surface area contributed by atoms with Gasteiger partial charge in [0.05, 0.1) is 11.1 Å². The van der Waals surface area contributed by atoms with Gasteiger partial charge in [-0.2, -0.15) is 0 Å². The first-order chi connectivity index (χ1) is 7.61. The lowest BCUT2D eigenvalue weighted by atomic mass is 10.2. The summed E-state index contributed by atoms with van der Waals surface area (Å²) in [6.45, 7) is 0. The predicted molar refractivity (Wildman–Crippen MR) is 63.2 cm³/mol. The Morgan fingerprint density at radius 3 is 2.12 bits per heavy atom. The smallest absolute Gasteiger partial charge is 0.284 e. The SMILES string of the molecule is N/C=C(N)\C=C/CC/C=C\C(=C/N)[N+](=O)[O-]. The van der Waals surface area contributed by atoms with E-state index in [-0.39, 0.29) is 5.70 Å². The van der Waals surface area contributed by atoms with Gasteiger partial charge in [-0.3, -0.25) is 10.1 Å². The molecule has 0 fully saturated rings. The van der Waals surface area contributed by atoms with E-state index in [1.54, 1.807) is 12.2 Å². The van der Waals surface area contributed by atoms with Gasteiger partial charge in [0.15, 0.2) is 0 Å². The highest BCUT2D eigenvalue weighted by molar-refractivity contribution is 5.13. The number of nitrogens with zero attached hydrogens (tertiary/aromatic N) is 1. The Bertz CT molecular complexity index is 343. The zero-order chi connectivity index (χ0) is 12.4. The van der Waals surface area contributed by atoms with Crippen molar-refractivity contribution in [3.05, 3.63) is 58.2 Å². The van der Waals surface area contributed by atoms with Gasteiger partial charge in [0.1, 0.15) is 0 Å². The van der Waals surface area contributed by atoms with Crippen LogP contribution in [0.5, 0.6) is 0 Å². The first-order valence-electron chi connectivity index (χ1n) is 4.68. The topological polar surface area (TPSA) is 121 Å². The minimum Gasteiger partial charge on any atom is -0.403 e. The van der Waals surface area contributed by atoms with E-state index in [0.29, 0.717) is 12.1 Å². The molecule has 0 heterocycles. The van der Waals surface area contributed by atoms with E-state index in [0.717, 1.165) is 12.6 Å². The van der Waals surface area contributed by atoms with Crippen LogP contribution in [0.1, 0.15) is 12.8 Å². The first-order valence-corrected chi connectivity index (χ1v) is 4.68. The number of hydrogen-bond acceptors (Lipinski definition) is 5. The maximum atomic E-state index is 10.3. The Kier molecular flexibility index (Phi) is 6.97. The Morgan fingerprint density at radius 1 is 1.12 bits per heavy atom. The molecule has 0 aliphatic heterocycles. The lowest BCUT2D eigenvalue weighted by Crippen LogP contribution is -1.98. The van der Waals surface area contributed by atoms with Gasteiger partial charge in [-0.05, 0) is 18.9 Å². The summed E-state index contributed by atoms with van der Waals surface area (Å²) in [6.07, 6.45) is 10.2. The number of rotatable bonds is 6. The molecule has 0 saturated carbocycles. The van der Waals surface area contributed by atoms with Crippen LogP contribution in [-0.2, 0) is 0 Å². The summed E-state index contributed by atoms with van der Waals surface area (Å²) in [5.74, 6) is 0. The van der Waals surface area contributed by atoms with Gasteiger partial charge >= 0.3 is 0 Å². The van der Waals surface area contributed by atoms with Gasteiger partial charge in [-0.15, -0.1) is 0 Å². The fourth-order valence-electron chi connectivity index (χ4n) is 0.849. The molecule has 6 nitrogen and oxygen atoms in total. The normalized spacial score (nSPS) is 13.8. The van der Waals surface area contributed by atoms with Crippen molar-refractivity contribution in [3.8, 4) is 0 Å². The van der Waals surface area contributed by atoms with Crippen LogP contribution < -0.4 is 17.2 Å². The summed E-state index contributed by atoms with van der Waals surface area (Å²) in [5.41, 5.74) is 16.0. The second-order valence-corrected chi connectivity index (χ2v) is 2.90. The van der Waals surface area contributed by atoms with E-state index in [4.69, 9.17) is 17.2 Å². The molecule has 0 unspecified atom stereocenters. The van der Waals surface area contributed by atoms with Crippen LogP contribution in [0.25, 0.3) is 0 Å². The van der Waals surface area contributed by atoms with E-state index in [9.17, 15) is 10.1 Å². The summed E-state index contributed by atoms with van der Waals surface area (Å²) < 4.78 is 0. The molecule has 16 heavy (non-hydrogen) atoms. The highest BCUT2D eigenvalue weighted by Gasteiger charge is 2.01. The Hall–Kier alpha value is -2.24. The van der Waals surface area contributed by atoms with Crippen LogP contribution in [0.2, 0.25) is 0 Å². The number of nitrogens with two attached hydrogens (primary N) is 3. The third kappa shape index (κ3) is 6.25. The molecule has 0 aliphatic carbocycles. The molecular formula is C10H16N4O2. The summed E-state index contributed by atoms with van der Waals surface area (Å²) in [7, 11) is 0. The standard InChI is InChI=1S/C10H16N4O2/c11-7-9(13)5-3-1-2-4-6-10(8-12)14(15)16/h3-8H,1-2,11-13H2/b5-3-,6-4-,9-7+,10-8+. The third-order valence-corrected chi connectivity index (χ3v) is 1.67. The summed E-state index contributed by atoms with van der Waals surface area (Å²) in [4.78, 5) is 9.79. The molecular weight excluding hydrogens is 208 g/mol. The van der Waals surface area contributed by atoms with Gasteiger partial charge in [-0.25, -0.2) is 0 Å². The van der Waals surface area contributed by atoms with Crippen molar-refractivity contribution in [2.24, 2.45) is 17.2 Å². The van der Waals surface area contributed by atoms with Crippen LogP contribution in [0.15, 0.2) is 48.1 Å². The number of hydrogen-bond donors (Lipinski definition) is 3. The molecule has 0 rings (SSSR count). The van der Waals surface area contributed by atoms with Crippen LogP contribution in [-0.4, -0.2) is 4.92 Å². The summed E-state index contributed by atoms with van der Waals surface area (Å²) >= 11 is 0. The van der Waals surface area contributed by atoms with Gasteiger partial charge in [0, 0.05) is 18.0 Å². The molecule has 0 aromatic rings. The van der Waals surface area contributed by atoms with Crippen LogP contribution in [0, 0.1) is 10.1 Å². The second kappa shape index (κ2) is 8.10. The highest BCUT2D eigenvalue weighted by Crippen LogP contribution is 2.00. The molecule has 0 saturated heterocycles. The van der Waals surface area contributed by atoms with Gasteiger partial charge in [-0.1, -0.05) is 12.2 Å². The zero-order valence-electron chi connectivity index (χ0n) is 8.87. The third-order valence-electron chi connectivity index (χ3n) is 1.67. The molecule has 0 aliphatic rings. The van der Waals surface area contributed by atoms with Crippen LogP contribution >= 0.6 is 0 Å². The molecule has 0 aromatic carbocycles. The summed E-state index contributed by atoms with van der Waals surface area (Å²) in [6, 6.07) is 0. The second-order valence-electron chi connectivity index (χ2n) is 2.90. The number of unbranched alkanes of at least 4 members (excludes halogenated alkanes) is 1. The first kappa shape index (κ1) is 13.8. The van der Waals surface area contributed by atoms with Crippen molar-refractivity contribution in [2.75, 3.05) is 0 Å². The predicted octanol–water partition coefficient (Wildman–Crippen LogP) is 0.715. The lowest BCUT2D eigenvalue weighted by Gasteiger charge is -1.90. The quantitative estimate of drug-likeness (QED) is 0.265. The maximum absolute atomic E-state index is 10.3. The minimum atomic E-state index is -0.540. The lowest BCUT2D eigenvalue weighted by molar-refractivity contribution is -0.419. The minimum absolute atomic E-state index is 0.120. The van der Waals surface area contributed by atoms with Gasteiger partial charge in [0.2, 0.25) is 0 Å². The molecule has 0 aromatic heterocycles. The molecule has 6 heteroatoms. The van der Waals surface area contributed by atoms with Crippen molar-refractivity contribution in [3.63, 3.8) is 0 Å². The average Bonchev–Trinajstić information content (AvgIpc) is 2.27. The fraction of sp³-hybridized carbons (Fsp3) is 0.200. The Labute approximate surface area is 93.9 Å². The Balaban J connectivity index is 3.95. The Morgan fingerprint density at radius 2 is 1.69 bits per heavy atom. The number of nitro groups is 1. The van der Waals surface area contributed by atoms with E-state index in [1.807, 2.05) is 6.08 Å². The molecule has 0 spiro atoms. The van der Waals surface area contributed by atoms with E-state index in [1.165, 1.54) is 12.3 Å². The van der Waals surface area contributed by atoms with Crippen molar-refractivity contribution in [2.45, 2.75) is 12.8 Å². The molecule has 0 atom stereocenters. The van der Waals surface area contributed by atoms with Crippen LogP contribution in [0.3, 0.4) is 0 Å². The fourth-order valence-corrected chi connectivity index (χ4v) is 0.849. The molecule has 0 bridgehead atoms. The van der Waals surface area contributed by atoms with Crippen molar-refractivity contribution in [1.82, 2.24) is 0 Å². The maximum Gasteiger partial charge on any atom is 0.284 e. The summed E-state index contributed by atoms with van der Waals surface area (Å²) in [5, 5.41) is 10.3. The van der Waals surface area contributed by atoms with E-state index in [2.05, 4.69) is 0 Å². The molecule has 6 N–H and O–H groups in total. The molecule has 0 amide bonds. The molecule has 88 valence electrons. The van der Waals surface area contributed by atoms with Crippen molar-refractivity contribution >= 4 is 0 Å².